The van der Waals surface area contributed by atoms with Crippen LogP contribution in [-0.2, 0) is 30.5 Å². The van der Waals surface area contributed by atoms with Crippen molar-refractivity contribution >= 4 is 29.5 Å². The normalized spacial score (nSPS) is 18.8. The molecule has 232 valence electrons. The van der Waals surface area contributed by atoms with E-state index in [-0.39, 0.29) is 24.9 Å². The predicted octanol–water partition coefficient (Wildman–Crippen LogP) is 5.10. The molecule has 0 aromatic heterocycles. The summed E-state index contributed by atoms with van der Waals surface area (Å²) in [7, 11) is 0. The Kier molecular flexibility index (Phi) is 13.5. The Balaban J connectivity index is 1.60. The van der Waals surface area contributed by atoms with Crippen molar-refractivity contribution < 1.29 is 28.7 Å². The number of ether oxygens (including phenoxy) is 1. The number of carbonyl (C=O) groups is 5. The average Bonchev–Trinajstić information content (AvgIpc) is 3.48. The Hall–Kier alpha value is -3.23. The molecule has 0 radical (unpaired) electrons. The van der Waals surface area contributed by atoms with Crippen LogP contribution in [-0.4, -0.2) is 59.0 Å². The van der Waals surface area contributed by atoms with Crippen LogP contribution >= 0.6 is 0 Å². The van der Waals surface area contributed by atoms with E-state index in [0.717, 1.165) is 24.8 Å². The van der Waals surface area contributed by atoms with E-state index < -0.39 is 41.7 Å². The molecule has 0 spiro atoms. The van der Waals surface area contributed by atoms with Gasteiger partial charge in [0.05, 0.1) is 6.04 Å². The summed E-state index contributed by atoms with van der Waals surface area (Å²) in [5, 5.41) is 5.51. The summed E-state index contributed by atoms with van der Waals surface area (Å²) in [5.74, 6) is -1.14. The molecule has 0 bridgehead atoms. The molecule has 0 unspecified atom stereocenters. The van der Waals surface area contributed by atoms with Crippen LogP contribution in [0.1, 0.15) is 103 Å². The number of likely N-dealkylation sites (tertiary alicyclic amines) is 1. The molecular weight excluding hydrogens is 534 g/mol. The van der Waals surface area contributed by atoms with Gasteiger partial charge in [0.2, 0.25) is 23.4 Å². The highest BCUT2D eigenvalue weighted by Crippen LogP contribution is 2.27. The Morgan fingerprint density at radius 3 is 2.31 bits per heavy atom. The first-order chi connectivity index (χ1) is 20.2. The van der Waals surface area contributed by atoms with E-state index in [4.69, 9.17) is 4.74 Å². The Morgan fingerprint density at radius 1 is 0.929 bits per heavy atom. The minimum atomic E-state index is -0.892. The molecule has 1 aliphatic carbocycles. The van der Waals surface area contributed by atoms with E-state index in [1.54, 1.807) is 0 Å². The number of benzene rings is 1. The number of rotatable bonds is 15. The van der Waals surface area contributed by atoms with Crippen molar-refractivity contribution in [2.45, 2.75) is 123 Å². The van der Waals surface area contributed by atoms with Gasteiger partial charge in [0, 0.05) is 13.0 Å². The minimum absolute atomic E-state index is 0.0796. The van der Waals surface area contributed by atoms with Crippen molar-refractivity contribution in [1.82, 2.24) is 15.5 Å². The van der Waals surface area contributed by atoms with Gasteiger partial charge in [0.15, 0.2) is 0 Å². The van der Waals surface area contributed by atoms with E-state index >= 15 is 0 Å². The van der Waals surface area contributed by atoms with E-state index in [2.05, 4.69) is 10.6 Å². The zero-order chi connectivity index (χ0) is 30.5. The van der Waals surface area contributed by atoms with Gasteiger partial charge in [-0.05, 0) is 49.5 Å². The summed E-state index contributed by atoms with van der Waals surface area (Å²) in [5.41, 5.74) is 0.833. The second-order valence-electron chi connectivity index (χ2n) is 12.3. The van der Waals surface area contributed by atoms with Gasteiger partial charge < -0.3 is 20.3 Å². The highest BCUT2D eigenvalue weighted by molar-refractivity contribution is 6.39. The van der Waals surface area contributed by atoms with Gasteiger partial charge >= 0.3 is 6.09 Å². The summed E-state index contributed by atoms with van der Waals surface area (Å²) in [6.07, 6.45) is 8.53. The number of hydrogen-bond acceptors (Lipinski definition) is 6. The summed E-state index contributed by atoms with van der Waals surface area (Å²) >= 11 is 0. The average molecular weight is 584 g/mol. The molecule has 3 amide bonds. The predicted molar refractivity (Wildman–Crippen MR) is 160 cm³/mol. The van der Waals surface area contributed by atoms with Crippen molar-refractivity contribution in [2.75, 3.05) is 6.54 Å². The van der Waals surface area contributed by atoms with Crippen molar-refractivity contribution in [1.29, 1.82) is 0 Å². The number of carbonyl (C=O) groups excluding carboxylic acids is 5. The largest absolute Gasteiger partial charge is 0.445 e. The minimum Gasteiger partial charge on any atom is -0.445 e. The summed E-state index contributed by atoms with van der Waals surface area (Å²) in [4.78, 5) is 67.1. The lowest BCUT2D eigenvalue weighted by Gasteiger charge is -2.30. The van der Waals surface area contributed by atoms with Gasteiger partial charge in [-0.1, -0.05) is 89.6 Å². The van der Waals surface area contributed by atoms with Gasteiger partial charge in [-0.25, -0.2) is 4.79 Å². The number of hydrogen-bond donors (Lipinski definition) is 2. The zero-order valence-electron chi connectivity index (χ0n) is 25.6. The van der Waals surface area contributed by atoms with Gasteiger partial charge in [0.1, 0.15) is 18.7 Å². The van der Waals surface area contributed by atoms with Crippen LogP contribution in [0.4, 0.5) is 4.79 Å². The molecule has 9 heteroatoms. The highest BCUT2D eigenvalue weighted by Gasteiger charge is 2.39. The number of nitrogens with zero attached hydrogens (tertiary/aromatic N) is 1. The fourth-order valence-electron chi connectivity index (χ4n) is 6.06. The first-order valence-electron chi connectivity index (χ1n) is 15.8. The molecule has 3 rings (SSSR count). The molecule has 2 aliphatic rings. The van der Waals surface area contributed by atoms with E-state index in [9.17, 15) is 24.0 Å². The zero-order valence-corrected chi connectivity index (χ0v) is 25.6. The van der Waals surface area contributed by atoms with Crippen molar-refractivity contribution in [3.05, 3.63) is 35.9 Å². The maximum absolute atomic E-state index is 13.6. The lowest BCUT2D eigenvalue weighted by molar-refractivity contribution is -0.142. The standard InChI is InChI=1S/C33H49N3O6/c1-4-12-26(30(38)29(37)19-18-24-13-7-5-8-14-24)34-31(39)28-17-11-20-36(28)32(40)27(21-23(2)3)35-33(41)42-22-25-15-9-6-10-16-25/h6,9-10,15-16,23-24,26-28H,4-5,7-8,11-14,17-22H2,1-3H3,(H,34,39)(H,35,41)/t26-,27-,28-/m0/s1. The molecule has 2 fully saturated rings. The van der Waals surface area contributed by atoms with Crippen LogP contribution in [0.15, 0.2) is 30.3 Å². The molecule has 9 nitrogen and oxygen atoms in total. The molecule has 1 heterocycles. The van der Waals surface area contributed by atoms with Gasteiger partial charge in [-0.15, -0.1) is 0 Å². The number of alkyl carbamates (subject to hydrolysis) is 1. The number of amides is 3. The Bertz CT molecular complexity index is 1050. The smallest absolute Gasteiger partial charge is 0.408 e. The van der Waals surface area contributed by atoms with Gasteiger partial charge in [0.25, 0.3) is 0 Å². The SMILES string of the molecule is CCC[C@H](NC(=O)[C@@H]1CCCN1C(=O)[C@H](CC(C)C)NC(=O)OCc1ccccc1)C(=O)C(=O)CCC1CCCCC1. The molecule has 1 saturated carbocycles. The molecule has 3 atom stereocenters. The fraction of sp³-hybridized carbons (Fsp3) is 0.667. The molecule has 1 aromatic carbocycles. The van der Waals surface area contributed by atoms with Gasteiger partial charge in [-0.2, -0.15) is 0 Å². The van der Waals surface area contributed by atoms with Crippen molar-refractivity contribution in [2.24, 2.45) is 11.8 Å². The van der Waals surface area contributed by atoms with Crippen molar-refractivity contribution in [3.63, 3.8) is 0 Å². The van der Waals surface area contributed by atoms with E-state index in [0.29, 0.717) is 44.6 Å². The van der Waals surface area contributed by atoms with Crippen molar-refractivity contribution in [3.8, 4) is 0 Å². The van der Waals surface area contributed by atoms with Crippen LogP contribution in [0.5, 0.6) is 0 Å². The highest BCUT2D eigenvalue weighted by atomic mass is 16.5. The molecule has 1 aliphatic heterocycles. The maximum Gasteiger partial charge on any atom is 0.408 e. The fourth-order valence-corrected chi connectivity index (χ4v) is 6.06. The lowest BCUT2D eigenvalue weighted by Crippen LogP contribution is -2.56. The first kappa shape index (κ1) is 33.3. The quantitative estimate of drug-likeness (QED) is 0.277. The molecule has 1 aromatic rings. The second-order valence-corrected chi connectivity index (χ2v) is 12.3. The Morgan fingerprint density at radius 2 is 1.64 bits per heavy atom. The van der Waals surface area contributed by atoms with E-state index in [1.807, 2.05) is 51.1 Å². The summed E-state index contributed by atoms with van der Waals surface area (Å²) < 4.78 is 5.34. The van der Waals surface area contributed by atoms with Gasteiger partial charge in [-0.3, -0.25) is 19.2 Å². The Labute approximate surface area is 250 Å². The third-order valence-corrected chi connectivity index (χ3v) is 8.34. The van der Waals surface area contributed by atoms with Crippen LogP contribution in [0.2, 0.25) is 0 Å². The van der Waals surface area contributed by atoms with E-state index in [1.165, 1.54) is 24.2 Å². The molecule has 2 N–H and O–H groups in total. The molecular formula is C33H49N3O6. The third-order valence-electron chi connectivity index (χ3n) is 8.34. The van der Waals surface area contributed by atoms with Crippen LogP contribution < -0.4 is 10.6 Å². The third kappa shape index (κ3) is 10.2. The summed E-state index contributed by atoms with van der Waals surface area (Å²) in [6, 6.07) is 6.77. The monoisotopic (exact) mass is 583 g/mol. The first-order valence-corrected chi connectivity index (χ1v) is 15.8. The second kappa shape index (κ2) is 17.0. The van der Waals surface area contributed by atoms with Crippen LogP contribution in [0, 0.1) is 11.8 Å². The van der Waals surface area contributed by atoms with Crippen LogP contribution in [0.3, 0.4) is 0 Å². The lowest BCUT2D eigenvalue weighted by atomic mass is 9.85. The van der Waals surface area contributed by atoms with Crippen LogP contribution in [0.25, 0.3) is 0 Å². The maximum atomic E-state index is 13.6. The summed E-state index contributed by atoms with van der Waals surface area (Å²) in [6.45, 7) is 6.27. The number of nitrogens with one attached hydrogen (secondary N) is 2. The molecule has 1 saturated heterocycles. The number of Topliss-reactive ketones (excluding diaryl/α,β-unsaturated/α-hetero) is 2. The number of ketones is 2. The topological polar surface area (TPSA) is 122 Å². The molecule has 42 heavy (non-hydrogen) atoms.